The average molecular weight is 252 g/mol. The molecule has 1 heterocycles. The van der Waals surface area contributed by atoms with Gasteiger partial charge in [0, 0.05) is 26.4 Å². The molecule has 1 amide bonds. The summed E-state index contributed by atoms with van der Waals surface area (Å²) in [5.41, 5.74) is 1.78. The summed E-state index contributed by atoms with van der Waals surface area (Å²) in [6.45, 7) is 3.17. The number of rotatable bonds is 7. The van der Waals surface area contributed by atoms with Crippen LogP contribution in [0.15, 0.2) is 18.3 Å². The SMILES string of the molecule is COCCN(CCO)C(=O)Cc1ncccc1C. The van der Waals surface area contributed by atoms with Crippen LogP contribution in [0.1, 0.15) is 11.3 Å². The minimum atomic E-state index is -0.0450. The summed E-state index contributed by atoms with van der Waals surface area (Å²) in [5, 5.41) is 8.96. The number of aromatic nitrogens is 1. The number of nitrogens with zero attached hydrogens (tertiary/aromatic N) is 2. The molecule has 0 aromatic carbocycles. The van der Waals surface area contributed by atoms with E-state index in [-0.39, 0.29) is 18.9 Å². The fourth-order valence-corrected chi connectivity index (χ4v) is 1.64. The molecule has 0 spiro atoms. The molecule has 5 nitrogen and oxygen atoms in total. The smallest absolute Gasteiger partial charge is 0.228 e. The van der Waals surface area contributed by atoms with Crippen LogP contribution in [0, 0.1) is 6.92 Å². The lowest BCUT2D eigenvalue weighted by Crippen LogP contribution is -2.37. The number of carbonyl (C=O) groups excluding carboxylic acids is 1. The molecule has 100 valence electrons. The van der Waals surface area contributed by atoms with E-state index in [9.17, 15) is 4.79 Å². The fourth-order valence-electron chi connectivity index (χ4n) is 1.64. The van der Waals surface area contributed by atoms with Gasteiger partial charge in [-0.2, -0.15) is 0 Å². The van der Waals surface area contributed by atoms with E-state index in [1.165, 1.54) is 0 Å². The second-order valence-electron chi connectivity index (χ2n) is 4.04. The van der Waals surface area contributed by atoms with Crippen molar-refractivity contribution in [2.45, 2.75) is 13.3 Å². The Hall–Kier alpha value is -1.46. The third-order valence-corrected chi connectivity index (χ3v) is 2.72. The summed E-state index contributed by atoms with van der Waals surface area (Å²) in [5.74, 6) is -0.0390. The fraction of sp³-hybridized carbons (Fsp3) is 0.538. The highest BCUT2D eigenvalue weighted by molar-refractivity contribution is 5.78. The molecule has 1 aromatic rings. The average Bonchev–Trinajstić information content (AvgIpc) is 2.37. The third-order valence-electron chi connectivity index (χ3n) is 2.72. The van der Waals surface area contributed by atoms with Crippen LogP contribution in [0.3, 0.4) is 0 Å². The van der Waals surface area contributed by atoms with Crippen LogP contribution < -0.4 is 0 Å². The van der Waals surface area contributed by atoms with Crippen molar-refractivity contribution in [3.63, 3.8) is 0 Å². The van der Waals surface area contributed by atoms with E-state index in [1.807, 2.05) is 19.1 Å². The summed E-state index contributed by atoms with van der Waals surface area (Å²) in [6.07, 6.45) is 1.94. The van der Waals surface area contributed by atoms with Crippen molar-refractivity contribution in [3.05, 3.63) is 29.6 Å². The highest BCUT2D eigenvalue weighted by Gasteiger charge is 2.14. The molecular weight excluding hydrogens is 232 g/mol. The maximum Gasteiger partial charge on any atom is 0.228 e. The molecule has 0 aliphatic carbocycles. The molecule has 0 unspecified atom stereocenters. The first-order chi connectivity index (χ1) is 8.69. The Morgan fingerprint density at radius 1 is 1.50 bits per heavy atom. The summed E-state index contributed by atoms with van der Waals surface area (Å²) < 4.78 is 4.95. The van der Waals surface area contributed by atoms with E-state index in [1.54, 1.807) is 18.2 Å². The first-order valence-corrected chi connectivity index (χ1v) is 5.97. The number of carbonyl (C=O) groups is 1. The predicted molar refractivity (Wildman–Crippen MR) is 68.2 cm³/mol. The zero-order valence-corrected chi connectivity index (χ0v) is 10.9. The van der Waals surface area contributed by atoms with Crippen LogP contribution >= 0.6 is 0 Å². The predicted octanol–water partition coefficient (Wildman–Crippen LogP) is 0.400. The van der Waals surface area contributed by atoms with Gasteiger partial charge in [0.15, 0.2) is 0 Å². The van der Waals surface area contributed by atoms with Crippen LogP contribution in [-0.4, -0.2) is 54.3 Å². The van der Waals surface area contributed by atoms with Crippen LogP contribution in [0.5, 0.6) is 0 Å². The number of amides is 1. The molecule has 0 saturated carbocycles. The van der Waals surface area contributed by atoms with Crippen LogP contribution in [0.2, 0.25) is 0 Å². The molecule has 0 radical (unpaired) electrons. The zero-order chi connectivity index (χ0) is 13.4. The number of hydrogen-bond donors (Lipinski definition) is 1. The first kappa shape index (κ1) is 14.6. The van der Waals surface area contributed by atoms with E-state index in [2.05, 4.69) is 4.98 Å². The van der Waals surface area contributed by atoms with E-state index in [0.29, 0.717) is 19.7 Å². The Morgan fingerprint density at radius 2 is 2.28 bits per heavy atom. The molecule has 1 N–H and O–H groups in total. The van der Waals surface area contributed by atoms with Crippen LogP contribution in [-0.2, 0) is 16.0 Å². The Labute approximate surface area is 107 Å². The first-order valence-electron chi connectivity index (χ1n) is 5.97. The standard InChI is InChI=1S/C13H20N2O3/c1-11-4-3-5-14-12(11)10-13(17)15(6-8-16)7-9-18-2/h3-5,16H,6-10H2,1-2H3. The van der Waals surface area contributed by atoms with Gasteiger partial charge >= 0.3 is 0 Å². The van der Waals surface area contributed by atoms with Crippen LogP contribution in [0.4, 0.5) is 0 Å². The maximum atomic E-state index is 12.1. The number of ether oxygens (including phenoxy) is 1. The quantitative estimate of drug-likeness (QED) is 0.763. The molecule has 0 atom stereocenters. The van der Waals surface area contributed by atoms with Crippen molar-refractivity contribution < 1.29 is 14.6 Å². The van der Waals surface area contributed by atoms with E-state index in [0.717, 1.165) is 11.3 Å². The van der Waals surface area contributed by atoms with Gasteiger partial charge in [0.1, 0.15) is 0 Å². The lowest BCUT2D eigenvalue weighted by atomic mass is 10.1. The van der Waals surface area contributed by atoms with Crippen molar-refractivity contribution in [1.82, 2.24) is 9.88 Å². The molecule has 1 aromatic heterocycles. The molecule has 0 saturated heterocycles. The van der Waals surface area contributed by atoms with Gasteiger partial charge in [-0.05, 0) is 18.6 Å². The number of pyridine rings is 1. The van der Waals surface area contributed by atoms with Gasteiger partial charge in [-0.1, -0.05) is 6.07 Å². The molecule has 0 fully saturated rings. The summed E-state index contributed by atoms with van der Waals surface area (Å²) in [4.78, 5) is 17.9. The Morgan fingerprint density at radius 3 is 2.89 bits per heavy atom. The summed E-state index contributed by atoms with van der Waals surface area (Å²) >= 11 is 0. The highest BCUT2D eigenvalue weighted by Crippen LogP contribution is 2.06. The molecular formula is C13H20N2O3. The maximum absolute atomic E-state index is 12.1. The van der Waals surface area contributed by atoms with Gasteiger partial charge in [-0.15, -0.1) is 0 Å². The molecule has 1 rings (SSSR count). The summed E-state index contributed by atoms with van der Waals surface area (Å²) in [6, 6.07) is 3.78. The number of hydrogen-bond acceptors (Lipinski definition) is 4. The Bertz CT molecular complexity index is 382. The number of aliphatic hydroxyl groups is 1. The molecule has 18 heavy (non-hydrogen) atoms. The van der Waals surface area contributed by atoms with Gasteiger partial charge in [0.05, 0.1) is 25.3 Å². The second kappa shape index (κ2) is 7.79. The van der Waals surface area contributed by atoms with Gasteiger partial charge in [0.25, 0.3) is 0 Å². The lowest BCUT2D eigenvalue weighted by Gasteiger charge is -2.21. The Balaban J connectivity index is 2.63. The normalized spacial score (nSPS) is 10.4. The third kappa shape index (κ3) is 4.43. The number of aliphatic hydroxyl groups excluding tert-OH is 1. The largest absolute Gasteiger partial charge is 0.395 e. The van der Waals surface area contributed by atoms with Crippen molar-refractivity contribution in [3.8, 4) is 0 Å². The topological polar surface area (TPSA) is 62.7 Å². The van der Waals surface area contributed by atoms with Gasteiger partial charge in [-0.25, -0.2) is 0 Å². The molecule has 5 heteroatoms. The van der Waals surface area contributed by atoms with E-state index >= 15 is 0 Å². The van der Waals surface area contributed by atoms with Gasteiger partial charge in [0.2, 0.25) is 5.91 Å². The second-order valence-corrected chi connectivity index (χ2v) is 4.04. The number of aryl methyl sites for hydroxylation is 1. The monoisotopic (exact) mass is 252 g/mol. The van der Waals surface area contributed by atoms with Crippen molar-refractivity contribution >= 4 is 5.91 Å². The molecule has 0 bridgehead atoms. The van der Waals surface area contributed by atoms with E-state index in [4.69, 9.17) is 9.84 Å². The van der Waals surface area contributed by atoms with Gasteiger partial charge in [-0.3, -0.25) is 9.78 Å². The van der Waals surface area contributed by atoms with Gasteiger partial charge < -0.3 is 14.7 Å². The van der Waals surface area contributed by atoms with Crippen molar-refractivity contribution in [2.24, 2.45) is 0 Å². The minimum Gasteiger partial charge on any atom is -0.395 e. The zero-order valence-electron chi connectivity index (χ0n) is 10.9. The van der Waals surface area contributed by atoms with Crippen molar-refractivity contribution in [2.75, 3.05) is 33.4 Å². The molecule has 0 aliphatic rings. The minimum absolute atomic E-state index is 0.0390. The number of methoxy groups -OCH3 is 1. The Kier molecular flexibility index (Phi) is 6.32. The highest BCUT2D eigenvalue weighted by atomic mass is 16.5. The lowest BCUT2D eigenvalue weighted by molar-refractivity contribution is -0.131. The van der Waals surface area contributed by atoms with Crippen molar-refractivity contribution in [1.29, 1.82) is 0 Å². The van der Waals surface area contributed by atoms with Crippen LogP contribution in [0.25, 0.3) is 0 Å². The summed E-state index contributed by atoms with van der Waals surface area (Å²) in [7, 11) is 1.59. The molecule has 0 aliphatic heterocycles. The van der Waals surface area contributed by atoms with E-state index < -0.39 is 0 Å².